The lowest BCUT2D eigenvalue weighted by Crippen LogP contribution is -2.39. The van der Waals surface area contributed by atoms with E-state index in [1.54, 1.807) is 0 Å². The normalized spacial score (nSPS) is 16.2. The average Bonchev–Trinajstić information content (AvgIpc) is 2.77. The van der Waals surface area contributed by atoms with Crippen molar-refractivity contribution in [2.45, 2.75) is 46.0 Å². The topological polar surface area (TPSA) is 86.3 Å². The lowest BCUT2D eigenvalue weighted by atomic mass is 9.92. The van der Waals surface area contributed by atoms with Gasteiger partial charge in [-0.1, -0.05) is 0 Å². The first-order chi connectivity index (χ1) is 9.97. The molecule has 1 aliphatic rings. The lowest BCUT2D eigenvalue weighted by Gasteiger charge is -2.32. The number of amides is 1. The Morgan fingerprint density at radius 3 is 2.52 bits per heavy atom. The first-order valence-corrected chi connectivity index (χ1v) is 7.47. The van der Waals surface area contributed by atoms with Crippen LogP contribution >= 0.6 is 0 Å². The van der Waals surface area contributed by atoms with Crippen LogP contribution in [0.1, 0.15) is 42.6 Å². The Morgan fingerprint density at radius 1 is 1.33 bits per heavy atom. The molecule has 1 amide bonds. The van der Waals surface area contributed by atoms with E-state index in [2.05, 4.69) is 10.2 Å². The van der Waals surface area contributed by atoms with Gasteiger partial charge in [0.15, 0.2) is 0 Å². The van der Waals surface area contributed by atoms with Gasteiger partial charge in [0.2, 0.25) is 5.91 Å². The number of carbonyl (C=O) groups excluding carboxylic acids is 1. The molecule has 0 atom stereocenters. The maximum absolute atomic E-state index is 12.3. The highest BCUT2D eigenvalue weighted by molar-refractivity contribution is 5.79. The molecule has 1 aliphatic heterocycles. The van der Waals surface area contributed by atoms with Crippen LogP contribution in [0.5, 0.6) is 0 Å². The van der Waals surface area contributed by atoms with Crippen LogP contribution in [0.25, 0.3) is 0 Å². The number of piperidine rings is 1. The van der Waals surface area contributed by atoms with Crippen LogP contribution < -0.4 is 0 Å². The van der Waals surface area contributed by atoms with E-state index >= 15 is 0 Å². The van der Waals surface area contributed by atoms with Crippen molar-refractivity contribution in [1.29, 1.82) is 0 Å². The molecule has 1 saturated heterocycles. The Balaban J connectivity index is 1.82. The average molecular weight is 293 g/mol. The van der Waals surface area contributed by atoms with Crippen molar-refractivity contribution in [3.8, 4) is 0 Å². The predicted molar refractivity (Wildman–Crippen MR) is 77.9 cm³/mol. The molecule has 116 valence electrons. The van der Waals surface area contributed by atoms with Crippen molar-refractivity contribution in [2.75, 3.05) is 13.1 Å². The summed E-state index contributed by atoms with van der Waals surface area (Å²) >= 11 is 0. The number of aromatic amines is 1. The Labute approximate surface area is 124 Å². The van der Waals surface area contributed by atoms with Crippen LogP contribution in [-0.2, 0) is 16.0 Å². The zero-order valence-corrected chi connectivity index (χ0v) is 12.7. The van der Waals surface area contributed by atoms with Crippen LogP contribution in [0.15, 0.2) is 0 Å². The second-order valence-electron chi connectivity index (χ2n) is 5.85. The first kappa shape index (κ1) is 15.5. The summed E-state index contributed by atoms with van der Waals surface area (Å²) in [7, 11) is 0. The minimum absolute atomic E-state index is 0.138. The molecule has 2 N–H and O–H groups in total. The van der Waals surface area contributed by atoms with Crippen molar-refractivity contribution < 1.29 is 14.7 Å². The van der Waals surface area contributed by atoms with Crippen LogP contribution in [0.2, 0.25) is 0 Å². The van der Waals surface area contributed by atoms with Gasteiger partial charge in [0.25, 0.3) is 0 Å². The quantitative estimate of drug-likeness (QED) is 0.864. The van der Waals surface area contributed by atoms with Gasteiger partial charge in [-0.15, -0.1) is 0 Å². The van der Waals surface area contributed by atoms with Crippen molar-refractivity contribution >= 4 is 11.9 Å². The summed E-state index contributed by atoms with van der Waals surface area (Å²) in [6.07, 6.45) is 3.15. The smallest absolute Gasteiger partial charge is 0.303 e. The van der Waals surface area contributed by atoms with Gasteiger partial charge in [-0.3, -0.25) is 14.7 Å². The number of rotatable bonds is 5. The van der Waals surface area contributed by atoms with Crippen molar-refractivity contribution in [2.24, 2.45) is 5.92 Å². The maximum Gasteiger partial charge on any atom is 0.303 e. The highest BCUT2D eigenvalue weighted by Crippen LogP contribution is 2.23. The summed E-state index contributed by atoms with van der Waals surface area (Å²) in [5, 5.41) is 15.7. The van der Waals surface area contributed by atoms with E-state index in [-0.39, 0.29) is 12.3 Å². The lowest BCUT2D eigenvalue weighted by molar-refractivity contribution is -0.138. The third-order valence-electron chi connectivity index (χ3n) is 4.34. The van der Waals surface area contributed by atoms with E-state index in [4.69, 9.17) is 5.11 Å². The third kappa shape index (κ3) is 4.06. The molecule has 2 heterocycles. The molecule has 1 fully saturated rings. The minimum atomic E-state index is -0.737. The highest BCUT2D eigenvalue weighted by atomic mass is 16.4. The summed E-state index contributed by atoms with van der Waals surface area (Å²) in [6.45, 7) is 5.31. The molecule has 6 heteroatoms. The number of aromatic nitrogens is 2. The van der Waals surface area contributed by atoms with Gasteiger partial charge >= 0.3 is 5.97 Å². The van der Waals surface area contributed by atoms with Crippen molar-refractivity contribution in [1.82, 2.24) is 15.1 Å². The Bertz CT molecular complexity index is 497. The van der Waals surface area contributed by atoms with E-state index in [1.807, 2.05) is 18.7 Å². The fraction of sp³-hybridized carbons (Fsp3) is 0.667. The number of aliphatic carboxylic acids is 1. The predicted octanol–water partition coefficient (Wildman–Crippen LogP) is 1.67. The van der Waals surface area contributed by atoms with Crippen LogP contribution in [0.4, 0.5) is 0 Å². The van der Waals surface area contributed by atoms with Gasteiger partial charge in [-0.05, 0) is 39.0 Å². The molecule has 1 aromatic heterocycles. The first-order valence-electron chi connectivity index (χ1n) is 7.47. The summed E-state index contributed by atoms with van der Waals surface area (Å²) < 4.78 is 0. The number of hydrogen-bond acceptors (Lipinski definition) is 3. The highest BCUT2D eigenvalue weighted by Gasteiger charge is 2.24. The molecule has 0 bridgehead atoms. The summed E-state index contributed by atoms with van der Waals surface area (Å²) in [6, 6.07) is 0. The fourth-order valence-electron chi connectivity index (χ4n) is 2.90. The minimum Gasteiger partial charge on any atom is -0.481 e. The second-order valence-corrected chi connectivity index (χ2v) is 5.85. The van der Waals surface area contributed by atoms with Crippen molar-refractivity contribution in [3.05, 3.63) is 17.0 Å². The molecule has 0 radical (unpaired) electrons. The molecule has 0 saturated carbocycles. The monoisotopic (exact) mass is 293 g/mol. The summed E-state index contributed by atoms with van der Waals surface area (Å²) in [5.74, 6) is -0.166. The van der Waals surface area contributed by atoms with Gasteiger partial charge in [0, 0.05) is 30.8 Å². The van der Waals surface area contributed by atoms with Gasteiger partial charge in [0.1, 0.15) is 0 Å². The van der Waals surface area contributed by atoms with E-state index in [9.17, 15) is 9.59 Å². The molecule has 1 aromatic rings. The van der Waals surface area contributed by atoms with Gasteiger partial charge < -0.3 is 10.0 Å². The standard InChI is InChI=1S/C15H23N3O3/c1-10-13(11(2)17-16-10)9-14(19)18-7-5-12(6-8-18)3-4-15(20)21/h12H,3-9H2,1-2H3,(H,16,17)(H,20,21). The van der Waals surface area contributed by atoms with E-state index in [0.717, 1.165) is 49.3 Å². The molecule has 0 aromatic carbocycles. The van der Waals surface area contributed by atoms with Crippen LogP contribution in [0.3, 0.4) is 0 Å². The largest absolute Gasteiger partial charge is 0.481 e. The molecule has 2 rings (SSSR count). The number of H-pyrrole nitrogens is 1. The van der Waals surface area contributed by atoms with Gasteiger partial charge in [-0.25, -0.2) is 0 Å². The Morgan fingerprint density at radius 2 is 2.00 bits per heavy atom. The molecular formula is C15H23N3O3. The molecule has 0 spiro atoms. The number of likely N-dealkylation sites (tertiary alicyclic amines) is 1. The number of carbonyl (C=O) groups is 2. The number of nitrogens with zero attached hydrogens (tertiary/aromatic N) is 2. The molecule has 6 nitrogen and oxygen atoms in total. The van der Waals surface area contributed by atoms with Gasteiger partial charge in [-0.2, -0.15) is 5.10 Å². The number of carboxylic acid groups (broad SMARTS) is 1. The number of nitrogens with one attached hydrogen (secondary N) is 1. The van der Waals surface area contributed by atoms with E-state index in [1.165, 1.54) is 0 Å². The van der Waals surface area contributed by atoms with Crippen LogP contribution in [0, 0.1) is 19.8 Å². The summed E-state index contributed by atoms with van der Waals surface area (Å²) in [4.78, 5) is 24.8. The van der Waals surface area contributed by atoms with E-state index < -0.39 is 5.97 Å². The fourth-order valence-corrected chi connectivity index (χ4v) is 2.90. The van der Waals surface area contributed by atoms with E-state index in [0.29, 0.717) is 12.3 Å². The SMILES string of the molecule is Cc1n[nH]c(C)c1CC(=O)N1CCC(CCC(=O)O)CC1. The Kier molecular flexibility index (Phi) is 4.98. The molecule has 0 aliphatic carbocycles. The number of hydrogen-bond donors (Lipinski definition) is 2. The molecule has 0 unspecified atom stereocenters. The zero-order valence-electron chi connectivity index (χ0n) is 12.7. The van der Waals surface area contributed by atoms with Crippen LogP contribution in [-0.4, -0.2) is 45.2 Å². The third-order valence-corrected chi connectivity index (χ3v) is 4.34. The van der Waals surface area contributed by atoms with Crippen molar-refractivity contribution in [3.63, 3.8) is 0 Å². The molecule has 21 heavy (non-hydrogen) atoms. The second kappa shape index (κ2) is 6.74. The maximum atomic E-state index is 12.3. The molecular weight excluding hydrogens is 270 g/mol. The Hall–Kier alpha value is -1.85. The number of aryl methyl sites for hydroxylation is 2. The summed E-state index contributed by atoms with van der Waals surface area (Å²) in [5.41, 5.74) is 2.84. The number of carboxylic acids is 1. The zero-order chi connectivity index (χ0) is 15.4. The van der Waals surface area contributed by atoms with Gasteiger partial charge in [0.05, 0.1) is 12.1 Å².